The van der Waals surface area contributed by atoms with E-state index < -0.39 is 0 Å². The highest BCUT2D eigenvalue weighted by atomic mass is 79.9. The molecule has 19 heavy (non-hydrogen) atoms. The van der Waals surface area contributed by atoms with E-state index in [0.717, 1.165) is 23.9 Å². The molecule has 102 valence electrons. The lowest BCUT2D eigenvalue weighted by Gasteiger charge is -2.36. The van der Waals surface area contributed by atoms with Crippen molar-refractivity contribution < 1.29 is 9.47 Å². The summed E-state index contributed by atoms with van der Waals surface area (Å²) in [6.07, 6.45) is 5.86. The molecule has 1 aliphatic rings. The Bertz CT molecular complexity index is 479. The van der Waals surface area contributed by atoms with Crippen molar-refractivity contribution in [3.63, 3.8) is 0 Å². The summed E-state index contributed by atoms with van der Waals surface area (Å²) in [6, 6.07) is 10.4. The van der Waals surface area contributed by atoms with E-state index in [1.807, 2.05) is 12.1 Å². The Hall–Kier alpha value is -1.06. The topological polar surface area (TPSA) is 18.5 Å². The Labute approximate surface area is 123 Å². The van der Waals surface area contributed by atoms with Crippen molar-refractivity contribution in [2.75, 3.05) is 19.5 Å². The van der Waals surface area contributed by atoms with Crippen LogP contribution in [0.25, 0.3) is 5.57 Å². The number of allylic oxidation sites excluding steroid dienone is 2. The highest BCUT2D eigenvalue weighted by Crippen LogP contribution is 2.39. The van der Waals surface area contributed by atoms with Crippen LogP contribution in [0, 0.1) is 0 Å². The van der Waals surface area contributed by atoms with Gasteiger partial charge in [-0.05, 0) is 23.6 Å². The number of hydrogen-bond acceptors (Lipinski definition) is 2. The minimum absolute atomic E-state index is 0.363. The molecule has 1 unspecified atom stereocenters. The molecule has 0 aliphatic heterocycles. The van der Waals surface area contributed by atoms with Gasteiger partial charge in [-0.25, -0.2) is 0 Å². The lowest BCUT2D eigenvalue weighted by Crippen LogP contribution is -2.37. The number of ether oxygens (including phenoxy) is 2. The largest absolute Gasteiger partial charge is 0.498 e. The highest BCUT2D eigenvalue weighted by molar-refractivity contribution is 9.09. The molecule has 2 nitrogen and oxygen atoms in total. The molecule has 0 radical (unpaired) electrons. The van der Waals surface area contributed by atoms with E-state index in [2.05, 4.69) is 46.3 Å². The third-order valence-electron chi connectivity index (χ3n) is 3.61. The van der Waals surface area contributed by atoms with Gasteiger partial charge in [-0.3, -0.25) is 0 Å². The molecule has 0 saturated carbocycles. The van der Waals surface area contributed by atoms with Crippen LogP contribution in [0.4, 0.5) is 0 Å². The summed E-state index contributed by atoms with van der Waals surface area (Å²) in [5.74, 6) is 0.897. The maximum absolute atomic E-state index is 5.81. The SMILES string of the molecule is COC1=CC=C(c2ccccc2)CC1(CCBr)OC. The van der Waals surface area contributed by atoms with Crippen LogP contribution in [-0.4, -0.2) is 25.2 Å². The lowest BCUT2D eigenvalue weighted by atomic mass is 9.83. The van der Waals surface area contributed by atoms with Gasteiger partial charge in [-0.1, -0.05) is 52.3 Å². The Balaban J connectivity index is 2.36. The average Bonchev–Trinajstić information content (AvgIpc) is 2.48. The monoisotopic (exact) mass is 322 g/mol. The molecule has 0 saturated heterocycles. The summed E-state index contributed by atoms with van der Waals surface area (Å²) in [7, 11) is 3.46. The van der Waals surface area contributed by atoms with E-state index in [0.29, 0.717) is 0 Å². The Morgan fingerprint density at radius 3 is 2.47 bits per heavy atom. The number of hydrogen-bond donors (Lipinski definition) is 0. The molecule has 0 aromatic heterocycles. The fourth-order valence-electron chi connectivity index (χ4n) is 2.53. The van der Waals surface area contributed by atoms with E-state index in [1.54, 1.807) is 14.2 Å². The Morgan fingerprint density at radius 1 is 1.16 bits per heavy atom. The predicted octanol–water partition coefficient (Wildman–Crippen LogP) is 4.17. The first-order chi connectivity index (χ1) is 9.25. The number of benzene rings is 1. The van der Waals surface area contributed by atoms with Crippen LogP contribution in [0.1, 0.15) is 18.4 Å². The van der Waals surface area contributed by atoms with E-state index in [1.165, 1.54) is 11.1 Å². The maximum atomic E-state index is 5.81. The summed E-state index contributed by atoms with van der Waals surface area (Å²) in [4.78, 5) is 0. The second-order valence-electron chi connectivity index (χ2n) is 4.61. The van der Waals surface area contributed by atoms with Crippen LogP contribution >= 0.6 is 15.9 Å². The van der Waals surface area contributed by atoms with E-state index in [9.17, 15) is 0 Å². The first kappa shape index (κ1) is 14.4. The van der Waals surface area contributed by atoms with Crippen LogP contribution in [-0.2, 0) is 9.47 Å². The van der Waals surface area contributed by atoms with Gasteiger partial charge in [0.2, 0.25) is 0 Å². The summed E-state index contributed by atoms with van der Waals surface area (Å²) < 4.78 is 11.3. The summed E-state index contributed by atoms with van der Waals surface area (Å²) in [6.45, 7) is 0. The summed E-state index contributed by atoms with van der Waals surface area (Å²) in [5.41, 5.74) is 2.16. The first-order valence-electron chi connectivity index (χ1n) is 6.37. The highest BCUT2D eigenvalue weighted by Gasteiger charge is 2.38. The van der Waals surface area contributed by atoms with Gasteiger partial charge in [0.1, 0.15) is 11.4 Å². The molecule has 0 N–H and O–H groups in total. The molecular weight excluding hydrogens is 304 g/mol. The van der Waals surface area contributed by atoms with Crippen molar-refractivity contribution in [2.24, 2.45) is 0 Å². The third kappa shape index (κ3) is 2.93. The first-order valence-corrected chi connectivity index (χ1v) is 7.50. The Morgan fingerprint density at radius 2 is 1.89 bits per heavy atom. The zero-order chi connectivity index (χ0) is 13.7. The molecule has 3 heteroatoms. The van der Waals surface area contributed by atoms with E-state index >= 15 is 0 Å². The fraction of sp³-hybridized carbons (Fsp3) is 0.375. The smallest absolute Gasteiger partial charge is 0.129 e. The van der Waals surface area contributed by atoms with Crippen molar-refractivity contribution in [2.45, 2.75) is 18.4 Å². The van der Waals surface area contributed by atoms with Gasteiger partial charge < -0.3 is 9.47 Å². The van der Waals surface area contributed by atoms with Crippen molar-refractivity contribution >= 4 is 21.5 Å². The van der Waals surface area contributed by atoms with Crippen LogP contribution in [0.15, 0.2) is 48.2 Å². The molecular formula is C16H19BrO2. The average molecular weight is 323 g/mol. The van der Waals surface area contributed by atoms with Crippen LogP contribution < -0.4 is 0 Å². The van der Waals surface area contributed by atoms with Gasteiger partial charge in [-0.2, -0.15) is 0 Å². The molecule has 1 aromatic rings. The zero-order valence-electron chi connectivity index (χ0n) is 11.4. The number of alkyl halides is 1. The van der Waals surface area contributed by atoms with E-state index in [-0.39, 0.29) is 5.60 Å². The molecule has 0 spiro atoms. The minimum Gasteiger partial charge on any atom is -0.498 e. The minimum atomic E-state index is -0.363. The molecule has 1 aromatic carbocycles. The third-order valence-corrected chi connectivity index (χ3v) is 4.01. The maximum Gasteiger partial charge on any atom is 0.129 e. The van der Waals surface area contributed by atoms with Crippen molar-refractivity contribution in [3.8, 4) is 0 Å². The van der Waals surface area contributed by atoms with Gasteiger partial charge in [-0.15, -0.1) is 0 Å². The van der Waals surface area contributed by atoms with Crippen molar-refractivity contribution in [1.29, 1.82) is 0 Å². The standard InChI is InChI=1S/C16H19BrO2/c1-18-15-9-8-14(13-6-4-3-5-7-13)12-16(15,19-2)10-11-17/h3-9H,10-12H2,1-2H3. The van der Waals surface area contributed by atoms with Crippen molar-refractivity contribution in [3.05, 3.63) is 53.8 Å². The summed E-state index contributed by atoms with van der Waals surface area (Å²) in [5, 5.41) is 0.879. The molecule has 0 bridgehead atoms. The van der Waals surface area contributed by atoms with Gasteiger partial charge in [0.25, 0.3) is 0 Å². The molecule has 0 heterocycles. The predicted molar refractivity (Wildman–Crippen MR) is 82.3 cm³/mol. The van der Waals surface area contributed by atoms with Gasteiger partial charge in [0.05, 0.1) is 7.11 Å². The number of methoxy groups -OCH3 is 2. The quantitative estimate of drug-likeness (QED) is 0.757. The normalized spacial score (nSPS) is 22.7. The lowest BCUT2D eigenvalue weighted by molar-refractivity contribution is -0.0181. The van der Waals surface area contributed by atoms with Crippen molar-refractivity contribution in [1.82, 2.24) is 0 Å². The molecule has 0 fully saturated rings. The second kappa shape index (κ2) is 6.40. The number of halogens is 1. The number of rotatable bonds is 5. The fourth-order valence-corrected chi connectivity index (χ4v) is 3.17. The molecule has 0 amide bonds. The zero-order valence-corrected chi connectivity index (χ0v) is 12.9. The molecule has 1 atom stereocenters. The van der Waals surface area contributed by atoms with Gasteiger partial charge in [0, 0.05) is 18.9 Å². The van der Waals surface area contributed by atoms with Crippen LogP contribution in [0.5, 0.6) is 0 Å². The molecule has 2 rings (SSSR count). The van der Waals surface area contributed by atoms with E-state index in [4.69, 9.17) is 9.47 Å². The van der Waals surface area contributed by atoms with Gasteiger partial charge >= 0.3 is 0 Å². The Kier molecular flexibility index (Phi) is 4.83. The molecule has 1 aliphatic carbocycles. The van der Waals surface area contributed by atoms with Gasteiger partial charge in [0.15, 0.2) is 0 Å². The second-order valence-corrected chi connectivity index (χ2v) is 5.40. The van der Waals surface area contributed by atoms with Crippen LogP contribution in [0.3, 0.4) is 0 Å². The van der Waals surface area contributed by atoms with Crippen LogP contribution in [0.2, 0.25) is 0 Å². The summed E-state index contributed by atoms with van der Waals surface area (Å²) >= 11 is 3.51.